The van der Waals surface area contributed by atoms with Crippen molar-refractivity contribution in [2.24, 2.45) is 0 Å². The average Bonchev–Trinajstić information content (AvgIpc) is 3.04. The van der Waals surface area contributed by atoms with E-state index < -0.39 is 15.8 Å². The Morgan fingerprint density at radius 3 is 0.953 bits per heavy atom. The van der Waals surface area contributed by atoms with E-state index in [1.165, 1.54) is 21.2 Å². The van der Waals surface area contributed by atoms with Crippen LogP contribution in [0, 0.1) is 0 Å². The van der Waals surface area contributed by atoms with E-state index in [9.17, 15) is 0 Å². The Kier molecular flexibility index (Phi) is 11.9. The Balaban J connectivity index is 1.67. The first-order valence-corrected chi connectivity index (χ1v) is 17.7. The second kappa shape index (κ2) is 15.6. The summed E-state index contributed by atoms with van der Waals surface area (Å²) in [5, 5.41) is 4.96. The molecular weight excluding hydrogens is 572 g/mol. The predicted molar refractivity (Wildman–Crippen MR) is 185 cm³/mol. The summed E-state index contributed by atoms with van der Waals surface area (Å²) in [6, 6.07) is 33.7. The number of hydrogen-bond donors (Lipinski definition) is 0. The van der Waals surface area contributed by atoms with Gasteiger partial charge >= 0.3 is 0 Å². The summed E-state index contributed by atoms with van der Waals surface area (Å²) in [6.45, 7) is 8.82. The maximum atomic E-state index is 5.86. The van der Waals surface area contributed by atoms with Gasteiger partial charge in [-0.05, 0) is 73.2 Å². The molecule has 0 fully saturated rings. The second-order valence-electron chi connectivity index (χ2n) is 11.1. The van der Waals surface area contributed by atoms with E-state index in [0.717, 1.165) is 48.4 Å². The zero-order valence-corrected chi connectivity index (χ0v) is 28.3. The molecular formula is C36H45NO4P2. The third kappa shape index (κ3) is 8.09. The van der Waals surface area contributed by atoms with Crippen molar-refractivity contribution in [3.63, 3.8) is 0 Å². The van der Waals surface area contributed by atoms with Crippen molar-refractivity contribution < 1.29 is 18.9 Å². The highest BCUT2D eigenvalue weighted by Gasteiger charge is 2.28. The largest absolute Gasteiger partial charge is 0.496 e. The Morgan fingerprint density at radius 1 is 0.465 bits per heavy atom. The summed E-state index contributed by atoms with van der Waals surface area (Å²) < 4.78 is 23.4. The van der Waals surface area contributed by atoms with Crippen molar-refractivity contribution in [1.29, 1.82) is 0 Å². The Hall–Kier alpha value is -3.10. The van der Waals surface area contributed by atoms with E-state index in [2.05, 4.69) is 98.5 Å². The minimum Gasteiger partial charge on any atom is -0.496 e. The molecule has 0 bridgehead atoms. The van der Waals surface area contributed by atoms with Gasteiger partial charge in [0.15, 0.2) is 0 Å². The molecule has 0 heterocycles. The third-order valence-electron chi connectivity index (χ3n) is 7.64. The third-order valence-corrected chi connectivity index (χ3v) is 12.7. The Labute approximate surface area is 260 Å². The summed E-state index contributed by atoms with van der Waals surface area (Å²) in [5.74, 6) is 3.71. The Morgan fingerprint density at radius 2 is 0.721 bits per heavy atom. The first-order valence-electron chi connectivity index (χ1n) is 14.6. The molecule has 7 heteroatoms. The van der Waals surface area contributed by atoms with Crippen molar-refractivity contribution in [2.75, 3.05) is 53.9 Å². The lowest BCUT2D eigenvalue weighted by atomic mass is 10.1. The van der Waals surface area contributed by atoms with Crippen LogP contribution >= 0.6 is 15.8 Å². The maximum absolute atomic E-state index is 5.86. The van der Waals surface area contributed by atoms with Gasteiger partial charge in [-0.15, -0.1) is 0 Å². The van der Waals surface area contributed by atoms with Crippen molar-refractivity contribution in [3.8, 4) is 23.0 Å². The van der Waals surface area contributed by atoms with Gasteiger partial charge in [0.2, 0.25) is 0 Å². The molecule has 0 N–H and O–H groups in total. The molecule has 0 aliphatic heterocycles. The van der Waals surface area contributed by atoms with E-state index in [4.69, 9.17) is 18.9 Å². The number of nitrogens with zero attached hydrogens (tertiary/aromatic N) is 1. The number of methoxy groups -OCH3 is 4. The molecule has 4 aromatic carbocycles. The molecule has 0 atom stereocenters. The van der Waals surface area contributed by atoms with Crippen LogP contribution < -0.4 is 40.2 Å². The summed E-state index contributed by atoms with van der Waals surface area (Å²) >= 11 is 0. The van der Waals surface area contributed by atoms with Crippen LogP contribution in [0.25, 0.3) is 0 Å². The number of rotatable bonds is 14. The van der Waals surface area contributed by atoms with Gasteiger partial charge in [0.25, 0.3) is 0 Å². The van der Waals surface area contributed by atoms with Crippen LogP contribution in [0.1, 0.15) is 20.8 Å². The fraction of sp³-hybridized carbons (Fsp3) is 0.333. The number of hydrogen-bond acceptors (Lipinski definition) is 5. The SMILES string of the molecule is COc1ccccc1P(CCN(CCP(c1ccccc1OC)c1ccccc1OC)C(C)(C)C)c1ccccc1OC. The lowest BCUT2D eigenvalue weighted by Crippen LogP contribution is -2.45. The van der Waals surface area contributed by atoms with Gasteiger partial charge in [-0.3, -0.25) is 4.90 Å². The highest BCUT2D eigenvalue weighted by atomic mass is 31.1. The summed E-state index contributed by atoms with van der Waals surface area (Å²) in [4.78, 5) is 2.63. The van der Waals surface area contributed by atoms with E-state index in [-0.39, 0.29) is 5.54 Å². The van der Waals surface area contributed by atoms with Crippen LogP contribution in [0.2, 0.25) is 0 Å². The van der Waals surface area contributed by atoms with E-state index in [1.807, 2.05) is 24.3 Å². The number of para-hydroxylation sites is 4. The topological polar surface area (TPSA) is 40.2 Å². The minimum atomic E-state index is -0.739. The number of ether oxygens (including phenoxy) is 4. The first-order chi connectivity index (χ1) is 20.8. The van der Waals surface area contributed by atoms with Crippen LogP contribution in [0.5, 0.6) is 23.0 Å². The van der Waals surface area contributed by atoms with E-state index >= 15 is 0 Å². The molecule has 4 rings (SSSR count). The molecule has 0 spiro atoms. The van der Waals surface area contributed by atoms with Gasteiger partial charge in [0, 0.05) is 39.8 Å². The van der Waals surface area contributed by atoms with Crippen LogP contribution in [0.4, 0.5) is 0 Å². The van der Waals surface area contributed by atoms with Gasteiger partial charge in [0.1, 0.15) is 23.0 Å². The van der Waals surface area contributed by atoms with Crippen molar-refractivity contribution in [2.45, 2.75) is 26.3 Å². The average molecular weight is 618 g/mol. The molecule has 0 amide bonds. The monoisotopic (exact) mass is 617 g/mol. The molecule has 0 aromatic heterocycles. The second-order valence-corrected chi connectivity index (χ2v) is 15.7. The lowest BCUT2D eigenvalue weighted by Gasteiger charge is -2.38. The molecule has 0 radical (unpaired) electrons. The molecule has 0 saturated heterocycles. The number of benzene rings is 4. The molecule has 0 aliphatic rings. The van der Waals surface area contributed by atoms with Crippen molar-refractivity contribution in [3.05, 3.63) is 97.1 Å². The summed E-state index contributed by atoms with van der Waals surface area (Å²) in [6.07, 6.45) is 1.96. The van der Waals surface area contributed by atoms with E-state index in [0.29, 0.717) is 0 Å². The first kappa shape index (κ1) is 32.8. The van der Waals surface area contributed by atoms with Crippen molar-refractivity contribution >= 4 is 37.1 Å². The lowest BCUT2D eigenvalue weighted by molar-refractivity contribution is 0.156. The van der Waals surface area contributed by atoms with Crippen LogP contribution in [0.15, 0.2) is 97.1 Å². The van der Waals surface area contributed by atoms with Crippen LogP contribution in [0.3, 0.4) is 0 Å². The standard InChI is InChI=1S/C36H45NO4P2/c1-36(2,3)37(24-26-42(32-20-12-8-16-28(32)38-4)33-21-13-9-17-29(33)39-5)25-27-43(34-22-14-10-18-30(34)40-6)35-23-15-11-19-31(35)41-7/h8-23H,24-27H2,1-7H3. The van der Waals surface area contributed by atoms with Crippen molar-refractivity contribution in [1.82, 2.24) is 4.90 Å². The maximum Gasteiger partial charge on any atom is 0.126 e. The zero-order chi connectivity index (χ0) is 30.8. The van der Waals surface area contributed by atoms with Gasteiger partial charge in [-0.1, -0.05) is 72.8 Å². The van der Waals surface area contributed by atoms with E-state index in [1.54, 1.807) is 28.4 Å². The van der Waals surface area contributed by atoms with Crippen LogP contribution in [-0.2, 0) is 0 Å². The van der Waals surface area contributed by atoms with Gasteiger partial charge < -0.3 is 18.9 Å². The zero-order valence-electron chi connectivity index (χ0n) is 26.5. The minimum absolute atomic E-state index is 0.0227. The molecule has 0 unspecified atom stereocenters. The summed E-state index contributed by atoms with van der Waals surface area (Å²) in [5.41, 5.74) is -0.0227. The fourth-order valence-electron chi connectivity index (χ4n) is 5.38. The predicted octanol–water partition coefficient (Wildman–Crippen LogP) is 6.39. The fourth-order valence-corrected chi connectivity index (χ4v) is 10.5. The summed E-state index contributed by atoms with van der Waals surface area (Å²) in [7, 11) is 5.55. The molecule has 0 saturated carbocycles. The quantitative estimate of drug-likeness (QED) is 0.154. The normalized spacial score (nSPS) is 11.7. The highest BCUT2D eigenvalue weighted by molar-refractivity contribution is 7.73. The molecule has 4 aromatic rings. The molecule has 5 nitrogen and oxygen atoms in total. The van der Waals surface area contributed by atoms with Crippen LogP contribution in [-0.4, -0.2) is 64.3 Å². The van der Waals surface area contributed by atoms with Gasteiger partial charge in [0.05, 0.1) is 28.4 Å². The molecule has 0 aliphatic carbocycles. The Bertz CT molecular complexity index is 1260. The van der Waals surface area contributed by atoms with Gasteiger partial charge in [-0.25, -0.2) is 0 Å². The highest BCUT2D eigenvalue weighted by Crippen LogP contribution is 2.42. The molecule has 43 heavy (non-hydrogen) atoms. The smallest absolute Gasteiger partial charge is 0.126 e. The van der Waals surface area contributed by atoms with Gasteiger partial charge in [-0.2, -0.15) is 0 Å². The molecule has 228 valence electrons.